The van der Waals surface area contributed by atoms with Crippen molar-refractivity contribution in [3.63, 3.8) is 0 Å². The number of rotatable bonds is 3. The molecule has 2 fully saturated rings. The zero-order valence-corrected chi connectivity index (χ0v) is 10.1. The maximum Gasteiger partial charge on any atom is 0.234 e. The van der Waals surface area contributed by atoms with Crippen LogP contribution in [0.1, 0.15) is 27.7 Å². The Morgan fingerprint density at radius 3 is 2.06 bits per heavy atom. The van der Waals surface area contributed by atoms with Crippen molar-refractivity contribution in [1.29, 1.82) is 0 Å². The summed E-state index contributed by atoms with van der Waals surface area (Å²) in [6.45, 7) is 7.37. The van der Waals surface area contributed by atoms with E-state index in [1.807, 2.05) is 13.8 Å². The standard InChI is InChI=1S/C12H17NO3/c1-6(2)7(14)5-13-10(15)8-9(11(13)16)12(8,3)4/h6,8-9H,5H2,1-4H3. The first-order valence-corrected chi connectivity index (χ1v) is 5.66. The van der Waals surface area contributed by atoms with Crippen molar-refractivity contribution < 1.29 is 14.4 Å². The lowest BCUT2D eigenvalue weighted by Gasteiger charge is -2.20. The van der Waals surface area contributed by atoms with Gasteiger partial charge in [0.2, 0.25) is 11.8 Å². The summed E-state index contributed by atoms with van der Waals surface area (Å²) < 4.78 is 0. The average molecular weight is 223 g/mol. The lowest BCUT2D eigenvalue weighted by molar-refractivity contribution is -0.146. The summed E-state index contributed by atoms with van der Waals surface area (Å²) in [6.07, 6.45) is 0. The van der Waals surface area contributed by atoms with Crippen LogP contribution in [0.25, 0.3) is 0 Å². The van der Waals surface area contributed by atoms with E-state index in [1.54, 1.807) is 13.8 Å². The molecule has 0 aromatic rings. The van der Waals surface area contributed by atoms with E-state index in [4.69, 9.17) is 0 Å². The van der Waals surface area contributed by atoms with E-state index in [0.29, 0.717) is 0 Å². The summed E-state index contributed by atoms with van der Waals surface area (Å²) in [4.78, 5) is 36.4. The Bertz CT molecular complexity index is 360. The van der Waals surface area contributed by atoms with Gasteiger partial charge >= 0.3 is 0 Å². The second kappa shape index (κ2) is 3.15. The fourth-order valence-electron chi connectivity index (χ4n) is 2.50. The summed E-state index contributed by atoms with van der Waals surface area (Å²) in [7, 11) is 0. The summed E-state index contributed by atoms with van der Waals surface area (Å²) in [5, 5.41) is 0. The fraction of sp³-hybridized carbons (Fsp3) is 0.750. The number of Topliss-reactive ketones (excluding diaryl/α,β-unsaturated/α-hetero) is 1. The topological polar surface area (TPSA) is 54.5 Å². The first-order chi connectivity index (χ1) is 7.28. The SMILES string of the molecule is CC(C)C(=O)CN1C(=O)C2C(C1=O)C2(C)C. The maximum absolute atomic E-state index is 11.9. The molecule has 2 unspecified atom stereocenters. The number of piperidine rings is 1. The Labute approximate surface area is 95.0 Å². The Morgan fingerprint density at radius 1 is 1.25 bits per heavy atom. The van der Waals surface area contributed by atoms with Gasteiger partial charge in [0, 0.05) is 5.92 Å². The summed E-state index contributed by atoms with van der Waals surface area (Å²) in [5.74, 6) is -0.866. The summed E-state index contributed by atoms with van der Waals surface area (Å²) >= 11 is 0. The number of carbonyl (C=O) groups excluding carboxylic acids is 3. The highest BCUT2D eigenvalue weighted by molar-refractivity contribution is 6.12. The van der Waals surface area contributed by atoms with E-state index >= 15 is 0 Å². The van der Waals surface area contributed by atoms with Crippen LogP contribution >= 0.6 is 0 Å². The van der Waals surface area contributed by atoms with Crippen molar-refractivity contribution in [2.45, 2.75) is 27.7 Å². The highest BCUT2D eigenvalue weighted by Crippen LogP contribution is 2.63. The van der Waals surface area contributed by atoms with E-state index in [9.17, 15) is 14.4 Å². The van der Waals surface area contributed by atoms with Crippen molar-refractivity contribution in [3.05, 3.63) is 0 Å². The first kappa shape index (κ1) is 11.3. The number of hydrogen-bond donors (Lipinski definition) is 0. The van der Waals surface area contributed by atoms with Gasteiger partial charge < -0.3 is 0 Å². The number of hydrogen-bond acceptors (Lipinski definition) is 3. The van der Waals surface area contributed by atoms with Crippen LogP contribution in [-0.4, -0.2) is 29.0 Å². The Kier molecular flexibility index (Phi) is 2.23. The Morgan fingerprint density at radius 2 is 1.69 bits per heavy atom. The second-order valence-electron chi connectivity index (χ2n) is 5.66. The fourth-order valence-corrected chi connectivity index (χ4v) is 2.50. The van der Waals surface area contributed by atoms with Crippen LogP contribution in [0, 0.1) is 23.2 Å². The molecule has 1 aliphatic heterocycles. The van der Waals surface area contributed by atoms with Gasteiger partial charge in [0.25, 0.3) is 0 Å². The van der Waals surface area contributed by atoms with Gasteiger partial charge in [-0.15, -0.1) is 0 Å². The van der Waals surface area contributed by atoms with Gasteiger partial charge in [0.15, 0.2) is 5.78 Å². The third-order valence-corrected chi connectivity index (χ3v) is 3.85. The van der Waals surface area contributed by atoms with Gasteiger partial charge in [0.05, 0.1) is 18.4 Å². The molecule has 1 heterocycles. The number of nitrogens with zero attached hydrogens (tertiary/aromatic N) is 1. The van der Waals surface area contributed by atoms with Gasteiger partial charge in [-0.2, -0.15) is 0 Å². The molecule has 1 aliphatic carbocycles. The third kappa shape index (κ3) is 1.32. The number of ketones is 1. The van der Waals surface area contributed by atoms with Crippen LogP contribution in [0.5, 0.6) is 0 Å². The second-order valence-corrected chi connectivity index (χ2v) is 5.66. The molecule has 16 heavy (non-hydrogen) atoms. The van der Waals surface area contributed by atoms with Crippen molar-refractivity contribution >= 4 is 17.6 Å². The average Bonchev–Trinajstić information content (AvgIpc) is 2.64. The summed E-state index contributed by atoms with van der Waals surface area (Å²) in [6, 6.07) is 0. The molecule has 4 heteroatoms. The monoisotopic (exact) mass is 223 g/mol. The van der Waals surface area contributed by atoms with Crippen molar-refractivity contribution in [2.24, 2.45) is 23.2 Å². The Hall–Kier alpha value is -1.19. The highest BCUT2D eigenvalue weighted by Gasteiger charge is 2.72. The lowest BCUT2D eigenvalue weighted by atomic mass is 10.0. The molecule has 0 radical (unpaired) electrons. The highest BCUT2D eigenvalue weighted by atomic mass is 16.2. The quantitative estimate of drug-likeness (QED) is 0.666. The molecule has 0 aromatic carbocycles. The predicted molar refractivity (Wildman–Crippen MR) is 57.3 cm³/mol. The van der Waals surface area contributed by atoms with Gasteiger partial charge in [-0.25, -0.2) is 0 Å². The molecule has 2 rings (SSSR count). The van der Waals surface area contributed by atoms with Crippen LogP contribution in [0.2, 0.25) is 0 Å². The number of likely N-dealkylation sites (tertiary alicyclic amines) is 1. The first-order valence-electron chi connectivity index (χ1n) is 5.66. The van der Waals surface area contributed by atoms with Gasteiger partial charge in [-0.3, -0.25) is 19.3 Å². The molecule has 4 nitrogen and oxygen atoms in total. The Balaban J connectivity index is 2.09. The van der Waals surface area contributed by atoms with E-state index < -0.39 is 0 Å². The van der Waals surface area contributed by atoms with E-state index in [0.717, 1.165) is 4.90 Å². The number of carbonyl (C=O) groups is 3. The molecule has 0 aromatic heterocycles. The molecular formula is C12H17NO3. The molecular weight excluding hydrogens is 206 g/mol. The van der Waals surface area contributed by atoms with Crippen molar-refractivity contribution in [3.8, 4) is 0 Å². The van der Waals surface area contributed by atoms with Crippen LogP contribution < -0.4 is 0 Å². The summed E-state index contributed by atoms with van der Waals surface area (Å²) in [5.41, 5.74) is -0.189. The van der Waals surface area contributed by atoms with E-state index in [2.05, 4.69) is 0 Å². The van der Waals surface area contributed by atoms with Crippen molar-refractivity contribution in [1.82, 2.24) is 4.90 Å². The van der Waals surface area contributed by atoms with Crippen LogP contribution in [0.15, 0.2) is 0 Å². The van der Waals surface area contributed by atoms with Gasteiger partial charge in [0.1, 0.15) is 0 Å². The number of imide groups is 1. The number of fused-ring (bicyclic) bond motifs is 1. The molecule has 1 saturated carbocycles. The van der Waals surface area contributed by atoms with Crippen LogP contribution in [0.4, 0.5) is 0 Å². The van der Waals surface area contributed by atoms with E-state index in [-0.39, 0.29) is 47.3 Å². The molecule has 2 atom stereocenters. The molecule has 0 N–H and O–H groups in total. The molecule has 88 valence electrons. The normalized spacial score (nSPS) is 30.9. The largest absolute Gasteiger partial charge is 0.297 e. The van der Waals surface area contributed by atoms with Crippen molar-refractivity contribution in [2.75, 3.05) is 6.54 Å². The minimum absolute atomic E-state index is 0.0432. The molecule has 0 bridgehead atoms. The molecule has 2 aliphatic rings. The van der Waals surface area contributed by atoms with Gasteiger partial charge in [-0.05, 0) is 5.41 Å². The molecule has 1 saturated heterocycles. The maximum atomic E-state index is 11.9. The third-order valence-electron chi connectivity index (χ3n) is 3.85. The minimum Gasteiger partial charge on any atom is -0.297 e. The molecule has 0 spiro atoms. The van der Waals surface area contributed by atoms with Crippen LogP contribution in [0.3, 0.4) is 0 Å². The number of amides is 2. The zero-order chi connectivity index (χ0) is 12.2. The van der Waals surface area contributed by atoms with Gasteiger partial charge in [-0.1, -0.05) is 27.7 Å². The van der Waals surface area contributed by atoms with Crippen LogP contribution in [-0.2, 0) is 14.4 Å². The molecule has 2 amide bonds. The van der Waals surface area contributed by atoms with E-state index in [1.165, 1.54) is 0 Å². The smallest absolute Gasteiger partial charge is 0.234 e. The lowest BCUT2D eigenvalue weighted by Crippen LogP contribution is -2.40. The minimum atomic E-state index is -0.189. The zero-order valence-electron chi connectivity index (χ0n) is 10.1. The predicted octanol–water partition coefficient (Wildman–Crippen LogP) is 0.852.